The standard InChI is InChI=1S/C10H16ClN3S/c1-2-8-13-9(15-14-8)12-7-10(3-4-10)5-6-11/h2-7H2,1H3,(H,12,13,14). The summed E-state index contributed by atoms with van der Waals surface area (Å²) in [6, 6.07) is 0. The summed E-state index contributed by atoms with van der Waals surface area (Å²) < 4.78 is 4.24. The lowest BCUT2D eigenvalue weighted by Gasteiger charge is -2.12. The second-order valence-corrected chi connectivity index (χ2v) is 5.29. The van der Waals surface area contributed by atoms with Gasteiger partial charge in [-0.2, -0.15) is 4.37 Å². The summed E-state index contributed by atoms with van der Waals surface area (Å²) in [5.74, 6) is 1.70. The largest absolute Gasteiger partial charge is 0.360 e. The van der Waals surface area contributed by atoms with Crippen LogP contribution >= 0.6 is 23.1 Å². The molecule has 1 aromatic rings. The summed E-state index contributed by atoms with van der Waals surface area (Å²) in [5.41, 5.74) is 0.458. The van der Waals surface area contributed by atoms with E-state index in [9.17, 15) is 0 Å². The first kappa shape index (κ1) is 11.1. The average molecular weight is 246 g/mol. The zero-order valence-corrected chi connectivity index (χ0v) is 10.5. The van der Waals surface area contributed by atoms with Crippen LogP contribution in [0.5, 0.6) is 0 Å². The van der Waals surface area contributed by atoms with Gasteiger partial charge in [0.25, 0.3) is 0 Å². The van der Waals surface area contributed by atoms with Crippen LogP contribution in [0.4, 0.5) is 5.13 Å². The molecule has 1 heterocycles. The highest BCUT2D eigenvalue weighted by molar-refractivity contribution is 7.09. The van der Waals surface area contributed by atoms with Crippen LogP contribution in [-0.4, -0.2) is 21.8 Å². The SMILES string of the molecule is CCc1nsc(NCC2(CCCl)CC2)n1. The third-order valence-corrected chi connectivity index (χ3v) is 3.88. The molecule has 0 unspecified atom stereocenters. The second kappa shape index (κ2) is 4.66. The normalized spacial score (nSPS) is 17.7. The predicted octanol–water partition coefficient (Wildman–Crippen LogP) is 2.92. The van der Waals surface area contributed by atoms with Gasteiger partial charge in [0.15, 0.2) is 0 Å². The van der Waals surface area contributed by atoms with Crippen molar-refractivity contribution in [3.8, 4) is 0 Å². The number of rotatable bonds is 6. The van der Waals surface area contributed by atoms with Gasteiger partial charge in [0.05, 0.1) is 0 Å². The number of nitrogens with zero attached hydrogens (tertiary/aromatic N) is 2. The first-order chi connectivity index (χ1) is 7.28. The van der Waals surface area contributed by atoms with E-state index in [1.165, 1.54) is 24.4 Å². The molecule has 1 N–H and O–H groups in total. The van der Waals surface area contributed by atoms with E-state index in [-0.39, 0.29) is 0 Å². The van der Waals surface area contributed by atoms with Gasteiger partial charge >= 0.3 is 0 Å². The molecule has 0 saturated heterocycles. The summed E-state index contributed by atoms with van der Waals surface area (Å²) in [6.45, 7) is 3.07. The summed E-state index contributed by atoms with van der Waals surface area (Å²) in [4.78, 5) is 4.38. The maximum atomic E-state index is 5.78. The predicted molar refractivity (Wildman–Crippen MR) is 64.8 cm³/mol. The Labute approximate surface area is 99.4 Å². The Bertz CT molecular complexity index is 322. The van der Waals surface area contributed by atoms with E-state index < -0.39 is 0 Å². The molecule has 0 aromatic carbocycles. The molecule has 0 bridgehead atoms. The number of hydrogen-bond acceptors (Lipinski definition) is 4. The lowest BCUT2D eigenvalue weighted by Crippen LogP contribution is -2.15. The summed E-state index contributed by atoms with van der Waals surface area (Å²) in [5, 5.41) is 4.32. The Kier molecular flexibility index (Phi) is 3.46. The van der Waals surface area contributed by atoms with E-state index in [1.807, 2.05) is 0 Å². The Morgan fingerprint density at radius 1 is 1.53 bits per heavy atom. The van der Waals surface area contributed by atoms with Crippen LogP contribution in [0, 0.1) is 5.41 Å². The first-order valence-corrected chi connectivity index (χ1v) is 6.71. The minimum absolute atomic E-state index is 0.458. The lowest BCUT2D eigenvalue weighted by atomic mass is 10.0. The quantitative estimate of drug-likeness (QED) is 0.784. The van der Waals surface area contributed by atoms with Crippen LogP contribution in [0.15, 0.2) is 0 Å². The van der Waals surface area contributed by atoms with Crippen molar-refractivity contribution in [2.75, 3.05) is 17.7 Å². The maximum Gasteiger partial charge on any atom is 0.202 e. The number of hydrogen-bond donors (Lipinski definition) is 1. The van der Waals surface area contributed by atoms with Gasteiger partial charge < -0.3 is 5.32 Å². The van der Waals surface area contributed by atoms with E-state index in [0.29, 0.717) is 5.41 Å². The molecule has 15 heavy (non-hydrogen) atoms. The number of aromatic nitrogens is 2. The highest BCUT2D eigenvalue weighted by atomic mass is 35.5. The monoisotopic (exact) mass is 245 g/mol. The van der Waals surface area contributed by atoms with Crippen molar-refractivity contribution in [3.05, 3.63) is 5.82 Å². The third-order valence-electron chi connectivity index (χ3n) is 2.98. The van der Waals surface area contributed by atoms with Gasteiger partial charge in [-0.1, -0.05) is 6.92 Å². The van der Waals surface area contributed by atoms with Crippen LogP contribution in [0.2, 0.25) is 0 Å². The molecule has 3 nitrogen and oxygen atoms in total. The van der Waals surface area contributed by atoms with Crippen LogP contribution in [0.1, 0.15) is 32.0 Å². The van der Waals surface area contributed by atoms with Crippen molar-refractivity contribution in [2.45, 2.75) is 32.6 Å². The third kappa shape index (κ3) is 2.82. The molecule has 0 spiro atoms. The van der Waals surface area contributed by atoms with Crippen molar-refractivity contribution >= 4 is 28.3 Å². The Morgan fingerprint density at radius 2 is 2.33 bits per heavy atom. The molecule has 0 atom stereocenters. The molecule has 1 aliphatic carbocycles. The molecule has 0 radical (unpaired) electrons. The highest BCUT2D eigenvalue weighted by Gasteiger charge is 2.41. The van der Waals surface area contributed by atoms with Crippen molar-refractivity contribution < 1.29 is 0 Å². The fourth-order valence-corrected chi connectivity index (χ4v) is 2.67. The van der Waals surface area contributed by atoms with Crippen LogP contribution in [0.25, 0.3) is 0 Å². The van der Waals surface area contributed by atoms with Crippen LogP contribution in [-0.2, 0) is 6.42 Å². The molecule has 1 aliphatic rings. The molecular weight excluding hydrogens is 230 g/mol. The molecule has 5 heteroatoms. The molecule has 2 rings (SSSR count). The lowest BCUT2D eigenvalue weighted by molar-refractivity contribution is 0.524. The van der Waals surface area contributed by atoms with Crippen LogP contribution in [0.3, 0.4) is 0 Å². The maximum absolute atomic E-state index is 5.78. The minimum atomic E-state index is 0.458. The molecular formula is C10H16ClN3S. The topological polar surface area (TPSA) is 37.8 Å². The number of nitrogens with one attached hydrogen (secondary N) is 1. The van der Waals surface area contributed by atoms with Crippen molar-refractivity contribution in [1.82, 2.24) is 9.36 Å². The Morgan fingerprint density at radius 3 is 2.87 bits per heavy atom. The fourth-order valence-electron chi connectivity index (χ4n) is 1.62. The van der Waals surface area contributed by atoms with Crippen LogP contribution < -0.4 is 5.32 Å². The van der Waals surface area contributed by atoms with E-state index in [0.717, 1.165) is 36.2 Å². The van der Waals surface area contributed by atoms with Gasteiger partial charge in [-0.05, 0) is 24.7 Å². The van der Waals surface area contributed by atoms with Gasteiger partial charge in [-0.3, -0.25) is 0 Å². The summed E-state index contributed by atoms with van der Waals surface area (Å²) >= 11 is 7.24. The average Bonchev–Trinajstić information content (AvgIpc) is 2.86. The van der Waals surface area contributed by atoms with E-state index >= 15 is 0 Å². The fraction of sp³-hybridized carbons (Fsp3) is 0.800. The minimum Gasteiger partial charge on any atom is -0.360 e. The van der Waals surface area contributed by atoms with Crippen molar-refractivity contribution in [2.24, 2.45) is 5.41 Å². The second-order valence-electron chi connectivity index (χ2n) is 4.16. The summed E-state index contributed by atoms with van der Waals surface area (Å²) in [7, 11) is 0. The smallest absolute Gasteiger partial charge is 0.202 e. The van der Waals surface area contributed by atoms with Gasteiger partial charge in [-0.25, -0.2) is 4.98 Å². The summed E-state index contributed by atoms with van der Waals surface area (Å²) in [6.07, 6.45) is 4.62. The molecule has 1 fully saturated rings. The molecule has 1 aromatic heterocycles. The van der Waals surface area contributed by atoms with E-state index in [1.54, 1.807) is 0 Å². The molecule has 1 saturated carbocycles. The van der Waals surface area contributed by atoms with Gasteiger partial charge in [0.2, 0.25) is 5.13 Å². The van der Waals surface area contributed by atoms with E-state index in [2.05, 4.69) is 21.6 Å². The number of alkyl halides is 1. The molecule has 84 valence electrons. The number of aryl methyl sites for hydroxylation is 1. The Hall–Kier alpha value is -0.350. The Balaban J connectivity index is 1.82. The van der Waals surface area contributed by atoms with E-state index in [4.69, 9.17) is 11.6 Å². The first-order valence-electron chi connectivity index (χ1n) is 5.40. The van der Waals surface area contributed by atoms with Gasteiger partial charge in [0.1, 0.15) is 5.82 Å². The zero-order valence-electron chi connectivity index (χ0n) is 8.92. The van der Waals surface area contributed by atoms with Gasteiger partial charge in [0, 0.05) is 30.4 Å². The van der Waals surface area contributed by atoms with Crippen molar-refractivity contribution in [3.63, 3.8) is 0 Å². The highest BCUT2D eigenvalue weighted by Crippen LogP contribution is 2.48. The van der Waals surface area contributed by atoms with Gasteiger partial charge in [-0.15, -0.1) is 11.6 Å². The number of halogens is 1. The van der Waals surface area contributed by atoms with Crippen molar-refractivity contribution in [1.29, 1.82) is 0 Å². The zero-order chi connectivity index (χ0) is 10.7. The number of anilines is 1. The molecule has 0 aliphatic heterocycles. The molecule has 0 amide bonds.